The van der Waals surface area contributed by atoms with Crippen LogP contribution in [0, 0.1) is 11.3 Å². The lowest BCUT2D eigenvalue weighted by atomic mass is 9.99. The van der Waals surface area contributed by atoms with Crippen LogP contribution in [-0.2, 0) is 9.53 Å². The molecule has 0 N–H and O–H groups in total. The zero-order chi connectivity index (χ0) is 20.6. The van der Waals surface area contributed by atoms with Crippen molar-refractivity contribution in [1.29, 1.82) is 5.26 Å². The fourth-order valence-electron chi connectivity index (χ4n) is 2.74. The van der Waals surface area contributed by atoms with Gasteiger partial charge in [-0.05, 0) is 23.8 Å². The van der Waals surface area contributed by atoms with Gasteiger partial charge in [-0.15, -0.1) is 0 Å². The van der Waals surface area contributed by atoms with Crippen molar-refractivity contribution in [1.82, 2.24) is 4.98 Å². The largest absolute Gasteiger partial charge is 0.497 e. The summed E-state index contributed by atoms with van der Waals surface area (Å²) in [4.78, 5) is 16.4. The molecule has 5 nitrogen and oxygen atoms in total. The zero-order valence-corrected chi connectivity index (χ0v) is 16.6. The Morgan fingerprint density at radius 2 is 1.90 bits per heavy atom. The highest BCUT2D eigenvalue weighted by atomic mass is 32.2. The maximum absolute atomic E-state index is 11.8. The minimum absolute atomic E-state index is 0.0218. The molecule has 0 bridgehead atoms. The van der Waals surface area contributed by atoms with Crippen LogP contribution >= 0.6 is 11.8 Å². The normalized spacial score (nSPS) is 10.1. The first-order chi connectivity index (χ1) is 14.2. The van der Waals surface area contributed by atoms with Crippen molar-refractivity contribution in [3.63, 3.8) is 0 Å². The van der Waals surface area contributed by atoms with Gasteiger partial charge in [0.15, 0.2) is 0 Å². The fourth-order valence-corrected chi connectivity index (χ4v) is 3.53. The van der Waals surface area contributed by atoms with Crippen LogP contribution in [0.15, 0.2) is 78.5 Å². The molecule has 3 rings (SSSR count). The summed E-state index contributed by atoms with van der Waals surface area (Å²) in [5, 5.41) is 10.3. The summed E-state index contributed by atoms with van der Waals surface area (Å²) in [6.45, 7) is 3.38. The van der Waals surface area contributed by atoms with Crippen LogP contribution in [0.4, 0.5) is 0 Å². The predicted molar refractivity (Wildman–Crippen MR) is 113 cm³/mol. The van der Waals surface area contributed by atoms with E-state index in [2.05, 4.69) is 17.6 Å². The van der Waals surface area contributed by atoms with Crippen molar-refractivity contribution in [3.05, 3.63) is 79.1 Å². The predicted octanol–water partition coefficient (Wildman–Crippen LogP) is 5.07. The highest BCUT2D eigenvalue weighted by molar-refractivity contribution is 7.99. The second kappa shape index (κ2) is 9.58. The van der Waals surface area contributed by atoms with Crippen LogP contribution in [-0.4, -0.2) is 23.8 Å². The van der Waals surface area contributed by atoms with Crippen LogP contribution in [0.3, 0.4) is 0 Å². The van der Waals surface area contributed by atoms with Gasteiger partial charge < -0.3 is 9.47 Å². The van der Waals surface area contributed by atoms with E-state index < -0.39 is 5.97 Å². The Balaban J connectivity index is 2.11. The number of nitrogens with zero attached hydrogens (tertiary/aromatic N) is 2. The number of hydrogen-bond donors (Lipinski definition) is 0. The number of aromatic nitrogens is 1. The molecule has 0 spiro atoms. The number of carbonyl (C=O) groups is 1. The molecule has 0 aliphatic heterocycles. The zero-order valence-electron chi connectivity index (χ0n) is 15.8. The smallest absolute Gasteiger partial charge is 0.321 e. The van der Waals surface area contributed by atoms with Gasteiger partial charge in [-0.3, -0.25) is 4.79 Å². The second-order valence-electron chi connectivity index (χ2n) is 5.89. The maximum Gasteiger partial charge on any atom is 0.321 e. The first-order valence-corrected chi connectivity index (χ1v) is 9.73. The molecule has 0 unspecified atom stereocenters. The first kappa shape index (κ1) is 20.2. The van der Waals surface area contributed by atoms with Crippen LogP contribution in [0.25, 0.3) is 22.4 Å². The molecule has 6 heteroatoms. The number of hydrogen-bond acceptors (Lipinski definition) is 6. The van der Waals surface area contributed by atoms with Crippen molar-refractivity contribution in [2.45, 2.75) is 5.03 Å². The molecule has 3 aromatic rings. The Labute approximate surface area is 173 Å². The fraction of sp³-hybridized carbons (Fsp3) is 0.0870. The summed E-state index contributed by atoms with van der Waals surface area (Å²) in [5.74, 6) is 0.298. The Kier molecular flexibility index (Phi) is 6.67. The molecule has 0 atom stereocenters. The van der Waals surface area contributed by atoms with E-state index in [0.29, 0.717) is 10.6 Å². The lowest BCUT2D eigenvalue weighted by Crippen LogP contribution is -2.04. The quantitative estimate of drug-likeness (QED) is 0.312. The highest BCUT2D eigenvalue weighted by Crippen LogP contribution is 2.34. The molecule has 1 aromatic heterocycles. The van der Waals surface area contributed by atoms with E-state index in [1.54, 1.807) is 7.11 Å². The van der Waals surface area contributed by atoms with Gasteiger partial charge in [-0.25, -0.2) is 4.98 Å². The maximum atomic E-state index is 11.8. The van der Waals surface area contributed by atoms with E-state index in [4.69, 9.17) is 9.47 Å². The molecule has 0 fully saturated rings. The minimum atomic E-state index is -0.452. The van der Waals surface area contributed by atoms with Gasteiger partial charge in [0.2, 0.25) is 0 Å². The molecular weight excluding hydrogens is 384 g/mol. The number of thioether (sulfide) groups is 1. The molecule has 0 saturated carbocycles. The third-order valence-corrected chi connectivity index (χ3v) is 5.06. The van der Waals surface area contributed by atoms with E-state index in [9.17, 15) is 10.1 Å². The number of esters is 1. The summed E-state index contributed by atoms with van der Waals surface area (Å²) in [6.07, 6.45) is 1.09. The molecule has 0 amide bonds. The molecule has 1 heterocycles. The van der Waals surface area contributed by atoms with E-state index >= 15 is 0 Å². The average Bonchev–Trinajstić information content (AvgIpc) is 2.78. The Hall–Kier alpha value is -3.56. The van der Waals surface area contributed by atoms with Gasteiger partial charge >= 0.3 is 5.97 Å². The van der Waals surface area contributed by atoms with Crippen LogP contribution in [0.1, 0.15) is 5.56 Å². The van der Waals surface area contributed by atoms with Crippen molar-refractivity contribution in [2.24, 2.45) is 0 Å². The summed E-state index contributed by atoms with van der Waals surface area (Å²) < 4.78 is 10.00. The number of pyridine rings is 1. The molecule has 144 valence electrons. The monoisotopic (exact) mass is 402 g/mol. The Morgan fingerprint density at radius 1 is 1.17 bits per heavy atom. The Morgan fingerprint density at radius 3 is 2.52 bits per heavy atom. The summed E-state index contributed by atoms with van der Waals surface area (Å²) >= 11 is 1.16. The molecule has 0 aliphatic rings. The standard InChI is InChI=1S/C23H18N2O3S/c1-3-28-22(26)15-29-23-20(14-24)19(16-9-11-18(27-2)12-10-16)13-21(25-23)17-7-5-4-6-8-17/h3-13H,1,15H2,2H3. The highest BCUT2D eigenvalue weighted by Gasteiger charge is 2.17. The van der Waals surface area contributed by atoms with Crippen LogP contribution in [0.2, 0.25) is 0 Å². The van der Waals surface area contributed by atoms with Crippen molar-refractivity contribution in [3.8, 4) is 34.2 Å². The first-order valence-electron chi connectivity index (χ1n) is 8.74. The molecule has 0 saturated heterocycles. The van der Waals surface area contributed by atoms with Crippen LogP contribution < -0.4 is 4.74 Å². The van der Waals surface area contributed by atoms with Gasteiger partial charge in [0.05, 0.1) is 30.4 Å². The van der Waals surface area contributed by atoms with Gasteiger partial charge in [0.1, 0.15) is 16.8 Å². The summed E-state index contributed by atoms with van der Waals surface area (Å²) in [7, 11) is 1.60. The SMILES string of the molecule is C=COC(=O)CSc1nc(-c2ccccc2)cc(-c2ccc(OC)cc2)c1C#N. The third kappa shape index (κ3) is 4.84. The number of carbonyl (C=O) groups excluding carboxylic acids is 1. The number of benzene rings is 2. The van der Waals surface area contributed by atoms with Crippen molar-refractivity contribution < 1.29 is 14.3 Å². The molecule has 2 aromatic carbocycles. The summed E-state index contributed by atoms with van der Waals surface area (Å²) in [6, 6.07) is 21.3. The van der Waals surface area contributed by atoms with Crippen LogP contribution in [0.5, 0.6) is 5.75 Å². The van der Waals surface area contributed by atoms with E-state index in [0.717, 1.165) is 46.2 Å². The lowest BCUT2D eigenvalue weighted by Gasteiger charge is -2.12. The van der Waals surface area contributed by atoms with Gasteiger partial charge in [-0.2, -0.15) is 5.26 Å². The van der Waals surface area contributed by atoms with Gasteiger partial charge in [-0.1, -0.05) is 60.8 Å². The summed E-state index contributed by atoms with van der Waals surface area (Å²) in [5.41, 5.74) is 3.64. The second-order valence-corrected chi connectivity index (χ2v) is 6.85. The van der Waals surface area contributed by atoms with E-state index in [1.807, 2.05) is 60.7 Å². The molecule has 0 aliphatic carbocycles. The Bertz CT molecular complexity index is 1060. The third-order valence-electron chi connectivity index (χ3n) is 4.11. The number of nitriles is 1. The molecular formula is C23H18N2O3S. The van der Waals surface area contributed by atoms with E-state index in [-0.39, 0.29) is 5.75 Å². The number of rotatable bonds is 7. The molecule has 0 radical (unpaired) electrons. The lowest BCUT2D eigenvalue weighted by molar-refractivity contribution is -0.134. The van der Waals surface area contributed by atoms with E-state index in [1.165, 1.54) is 0 Å². The van der Waals surface area contributed by atoms with Gasteiger partial charge in [0.25, 0.3) is 0 Å². The van der Waals surface area contributed by atoms with Crippen molar-refractivity contribution in [2.75, 3.05) is 12.9 Å². The topological polar surface area (TPSA) is 72.2 Å². The molecule has 29 heavy (non-hydrogen) atoms. The average molecular weight is 402 g/mol. The number of methoxy groups -OCH3 is 1. The van der Waals surface area contributed by atoms with Crippen molar-refractivity contribution >= 4 is 17.7 Å². The number of ether oxygens (including phenoxy) is 2. The van der Waals surface area contributed by atoms with Gasteiger partial charge in [0, 0.05) is 11.1 Å². The minimum Gasteiger partial charge on any atom is -0.497 e.